The van der Waals surface area contributed by atoms with Gasteiger partial charge in [0.25, 0.3) is 5.91 Å². The molecule has 1 amide bonds. The molecule has 7 heteroatoms. The average molecular weight is 428 g/mol. The molecule has 1 aliphatic rings. The summed E-state index contributed by atoms with van der Waals surface area (Å²) in [5, 5.41) is 3.24. The van der Waals surface area contributed by atoms with E-state index in [-0.39, 0.29) is 35.3 Å². The van der Waals surface area contributed by atoms with Crippen molar-refractivity contribution in [1.29, 1.82) is 0 Å². The molecule has 0 bridgehead atoms. The lowest BCUT2D eigenvalue weighted by Crippen LogP contribution is -2.31. The van der Waals surface area contributed by atoms with Crippen LogP contribution in [0.1, 0.15) is 28.8 Å². The van der Waals surface area contributed by atoms with Crippen LogP contribution in [0, 0.1) is 5.82 Å². The highest BCUT2D eigenvalue weighted by Crippen LogP contribution is 2.26. The van der Waals surface area contributed by atoms with Gasteiger partial charge < -0.3 is 15.6 Å². The van der Waals surface area contributed by atoms with Crippen molar-refractivity contribution in [2.45, 2.75) is 25.4 Å². The SMILES string of the molecule is NCc1ccc(-c2cccc(-n3cc(C(=O)NC4CC4)c(=O)c4cccnc43)c2)cc1F. The number of nitrogens with two attached hydrogens (primary N) is 1. The zero-order valence-electron chi connectivity index (χ0n) is 17.2. The minimum absolute atomic E-state index is 0.0705. The minimum atomic E-state index is -0.382. The molecule has 1 saturated carbocycles. The molecule has 32 heavy (non-hydrogen) atoms. The van der Waals surface area contributed by atoms with E-state index in [0.29, 0.717) is 27.8 Å². The smallest absolute Gasteiger partial charge is 0.257 e. The summed E-state index contributed by atoms with van der Waals surface area (Å²) in [4.78, 5) is 30.1. The predicted octanol–water partition coefficient (Wildman–Crippen LogP) is 3.54. The van der Waals surface area contributed by atoms with Gasteiger partial charge in [0, 0.05) is 36.2 Å². The summed E-state index contributed by atoms with van der Waals surface area (Å²) in [5.74, 6) is -0.738. The lowest BCUT2D eigenvalue weighted by atomic mass is 10.0. The number of hydrogen-bond donors (Lipinski definition) is 2. The second kappa shape index (κ2) is 8.01. The fourth-order valence-electron chi connectivity index (χ4n) is 3.74. The number of carbonyl (C=O) groups excluding carboxylic acids is 1. The van der Waals surface area contributed by atoms with E-state index in [0.717, 1.165) is 18.4 Å². The highest BCUT2D eigenvalue weighted by atomic mass is 19.1. The van der Waals surface area contributed by atoms with E-state index < -0.39 is 0 Å². The van der Waals surface area contributed by atoms with E-state index in [1.807, 2.05) is 30.3 Å². The van der Waals surface area contributed by atoms with Crippen LogP contribution in [0.4, 0.5) is 4.39 Å². The molecule has 4 aromatic rings. The first-order valence-corrected chi connectivity index (χ1v) is 10.5. The summed E-state index contributed by atoms with van der Waals surface area (Å²) >= 11 is 0. The molecule has 1 aliphatic carbocycles. The van der Waals surface area contributed by atoms with E-state index in [1.165, 1.54) is 12.3 Å². The Kier molecular flexibility index (Phi) is 5.03. The Labute approximate surface area is 183 Å². The average Bonchev–Trinajstić information content (AvgIpc) is 3.63. The van der Waals surface area contributed by atoms with Crippen LogP contribution in [0.5, 0.6) is 0 Å². The van der Waals surface area contributed by atoms with Gasteiger partial charge in [-0.05, 0) is 54.3 Å². The summed E-state index contributed by atoms with van der Waals surface area (Å²) in [7, 11) is 0. The first-order chi connectivity index (χ1) is 15.5. The summed E-state index contributed by atoms with van der Waals surface area (Å²) in [6.45, 7) is 0.132. The molecule has 2 aromatic carbocycles. The van der Waals surface area contributed by atoms with Gasteiger partial charge in [-0.25, -0.2) is 9.37 Å². The molecule has 0 atom stereocenters. The highest BCUT2D eigenvalue weighted by molar-refractivity contribution is 5.97. The Morgan fingerprint density at radius 1 is 1.12 bits per heavy atom. The number of halogens is 1. The number of aromatic nitrogens is 2. The number of hydrogen-bond acceptors (Lipinski definition) is 4. The van der Waals surface area contributed by atoms with E-state index in [9.17, 15) is 14.0 Å². The molecule has 3 N–H and O–H groups in total. The van der Waals surface area contributed by atoms with E-state index in [4.69, 9.17) is 5.73 Å². The molecule has 6 nitrogen and oxygen atoms in total. The summed E-state index contributed by atoms with van der Waals surface area (Å²) in [6, 6.07) is 15.9. The molecule has 5 rings (SSSR count). The predicted molar refractivity (Wildman–Crippen MR) is 121 cm³/mol. The van der Waals surface area contributed by atoms with Crippen molar-refractivity contribution in [1.82, 2.24) is 14.9 Å². The molecule has 160 valence electrons. The van der Waals surface area contributed by atoms with Crippen LogP contribution in [-0.2, 0) is 6.54 Å². The van der Waals surface area contributed by atoms with Crippen molar-refractivity contribution < 1.29 is 9.18 Å². The van der Waals surface area contributed by atoms with Gasteiger partial charge in [-0.3, -0.25) is 9.59 Å². The van der Waals surface area contributed by atoms with Crippen LogP contribution < -0.4 is 16.5 Å². The van der Waals surface area contributed by atoms with Gasteiger partial charge in [0.05, 0.1) is 5.39 Å². The van der Waals surface area contributed by atoms with Gasteiger partial charge in [-0.1, -0.05) is 24.3 Å². The Balaban J connectivity index is 1.65. The third kappa shape index (κ3) is 3.67. The van der Waals surface area contributed by atoms with Crippen molar-refractivity contribution in [3.63, 3.8) is 0 Å². The second-order valence-electron chi connectivity index (χ2n) is 7.92. The van der Waals surface area contributed by atoms with Crippen molar-refractivity contribution in [2.24, 2.45) is 5.73 Å². The van der Waals surface area contributed by atoms with Crippen LogP contribution in [0.3, 0.4) is 0 Å². The first kappa shape index (κ1) is 20.1. The topological polar surface area (TPSA) is 90.0 Å². The molecule has 2 heterocycles. The van der Waals surface area contributed by atoms with E-state index in [1.54, 1.807) is 29.0 Å². The molecular weight excluding hydrogens is 407 g/mol. The molecule has 0 unspecified atom stereocenters. The number of pyridine rings is 2. The highest BCUT2D eigenvalue weighted by Gasteiger charge is 2.26. The molecule has 0 radical (unpaired) electrons. The first-order valence-electron chi connectivity index (χ1n) is 10.5. The van der Waals surface area contributed by atoms with Gasteiger partial charge in [-0.15, -0.1) is 0 Å². The number of amides is 1. The normalized spacial score (nSPS) is 13.3. The molecule has 0 aliphatic heterocycles. The van der Waals surface area contributed by atoms with Gasteiger partial charge in [0.2, 0.25) is 5.43 Å². The van der Waals surface area contributed by atoms with Crippen LogP contribution in [0.25, 0.3) is 27.8 Å². The van der Waals surface area contributed by atoms with Gasteiger partial charge >= 0.3 is 0 Å². The van der Waals surface area contributed by atoms with E-state index in [2.05, 4.69) is 10.3 Å². The van der Waals surface area contributed by atoms with Crippen molar-refractivity contribution in [3.05, 3.63) is 94.2 Å². The number of fused-ring (bicyclic) bond motifs is 1. The van der Waals surface area contributed by atoms with Crippen molar-refractivity contribution in [3.8, 4) is 16.8 Å². The number of nitrogens with zero attached hydrogens (tertiary/aromatic N) is 2. The van der Waals surface area contributed by atoms with Crippen LogP contribution >= 0.6 is 0 Å². The number of benzene rings is 2. The lowest BCUT2D eigenvalue weighted by Gasteiger charge is -2.14. The maximum Gasteiger partial charge on any atom is 0.257 e. The molecule has 0 saturated heterocycles. The third-order valence-corrected chi connectivity index (χ3v) is 5.65. The maximum absolute atomic E-state index is 14.3. The Morgan fingerprint density at radius 2 is 1.94 bits per heavy atom. The fraction of sp³-hybridized carbons (Fsp3) is 0.160. The Hall–Kier alpha value is -3.84. The van der Waals surface area contributed by atoms with Crippen molar-refractivity contribution in [2.75, 3.05) is 0 Å². The van der Waals surface area contributed by atoms with Gasteiger partial charge in [0.15, 0.2) is 0 Å². The maximum atomic E-state index is 14.3. The number of rotatable bonds is 5. The minimum Gasteiger partial charge on any atom is -0.349 e. The standard InChI is InChI=1S/C25H21FN4O2/c26-22-12-16(6-7-17(22)13-27)15-3-1-4-19(11-15)30-14-21(25(32)29-18-8-9-18)23(31)20-5-2-10-28-24(20)30/h1-7,10-12,14,18H,8-9,13,27H2,(H,29,32). The molecular formula is C25H21FN4O2. The van der Waals surface area contributed by atoms with Crippen LogP contribution in [-0.4, -0.2) is 21.5 Å². The fourth-order valence-corrected chi connectivity index (χ4v) is 3.74. The van der Waals surface area contributed by atoms with Gasteiger partial charge in [0.1, 0.15) is 17.0 Å². The van der Waals surface area contributed by atoms with Crippen molar-refractivity contribution >= 4 is 16.9 Å². The molecule has 1 fully saturated rings. The quantitative estimate of drug-likeness (QED) is 0.509. The number of carbonyl (C=O) groups is 1. The van der Waals surface area contributed by atoms with Crippen LogP contribution in [0.15, 0.2) is 71.8 Å². The van der Waals surface area contributed by atoms with Crippen LogP contribution in [0.2, 0.25) is 0 Å². The largest absolute Gasteiger partial charge is 0.349 e. The van der Waals surface area contributed by atoms with Gasteiger partial charge in [-0.2, -0.15) is 0 Å². The zero-order chi connectivity index (χ0) is 22.2. The second-order valence-corrected chi connectivity index (χ2v) is 7.92. The zero-order valence-corrected chi connectivity index (χ0v) is 17.2. The summed E-state index contributed by atoms with van der Waals surface area (Å²) in [6.07, 6.45) is 4.99. The third-order valence-electron chi connectivity index (χ3n) is 5.65. The summed E-state index contributed by atoms with van der Waals surface area (Å²) in [5.41, 5.74) is 8.38. The van der Waals surface area contributed by atoms with E-state index >= 15 is 0 Å². The lowest BCUT2D eigenvalue weighted by molar-refractivity contribution is 0.0949. The monoisotopic (exact) mass is 428 g/mol. The number of nitrogens with one attached hydrogen (secondary N) is 1. The Bertz CT molecular complexity index is 1410. The molecule has 0 spiro atoms. The molecule has 2 aromatic heterocycles. The Morgan fingerprint density at radius 3 is 2.69 bits per heavy atom. The summed E-state index contributed by atoms with van der Waals surface area (Å²) < 4.78 is 16.0.